The lowest BCUT2D eigenvalue weighted by Crippen LogP contribution is -3.11. The monoisotopic (exact) mass is 344 g/mol. The highest BCUT2D eigenvalue weighted by Gasteiger charge is 2.20. The lowest BCUT2D eigenvalue weighted by molar-refractivity contribution is -0.904. The van der Waals surface area contributed by atoms with Gasteiger partial charge < -0.3 is 15.0 Å². The second kappa shape index (κ2) is 8.79. The van der Waals surface area contributed by atoms with Crippen LogP contribution in [0.1, 0.15) is 12.5 Å². The lowest BCUT2D eigenvalue weighted by atomic mass is 10.1. The molecule has 0 aliphatic carbocycles. The van der Waals surface area contributed by atoms with E-state index in [1.54, 1.807) is 37.4 Å². The zero-order chi connectivity index (χ0) is 18.2. The van der Waals surface area contributed by atoms with E-state index < -0.39 is 4.92 Å². The van der Waals surface area contributed by atoms with Crippen LogP contribution in [0.15, 0.2) is 48.5 Å². The summed E-state index contributed by atoms with van der Waals surface area (Å²) in [6.45, 7) is 3.24. The highest BCUT2D eigenvalue weighted by atomic mass is 16.6. The van der Waals surface area contributed by atoms with Crippen LogP contribution in [0.25, 0.3) is 0 Å². The molecular formula is C18H22N3O4+. The number of carbonyl (C=O) groups excluding carboxylic acids is 1. The minimum absolute atomic E-state index is 0.0820. The molecule has 25 heavy (non-hydrogen) atoms. The van der Waals surface area contributed by atoms with Gasteiger partial charge >= 0.3 is 0 Å². The second-order valence-corrected chi connectivity index (χ2v) is 5.59. The Bertz CT molecular complexity index is 749. The molecule has 1 amide bonds. The number of anilines is 1. The number of hydrogen-bond acceptors (Lipinski definition) is 4. The van der Waals surface area contributed by atoms with E-state index in [0.717, 1.165) is 4.90 Å². The lowest BCUT2D eigenvalue weighted by Gasteiger charge is -2.18. The van der Waals surface area contributed by atoms with Gasteiger partial charge in [-0.1, -0.05) is 24.3 Å². The summed E-state index contributed by atoms with van der Waals surface area (Å²) in [5.41, 5.74) is 1.31. The molecule has 0 saturated carbocycles. The first-order chi connectivity index (χ1) is 12.0. The molecular weight excluding hydrogens is 322 g/mol. The number of nitro groups is 1. The third-order valence-corrected chi connectivity index (χ3v) is 3.92. The molecule has 1 unspecified atom stereocenters. The summed E-state index contributed by atoms with van der Waals surface area (Å²) in [6, 6.07) is 13.8. The molecule has 7 nitrogen and oxygen atoms in total. The minimum Gasteiger partial charge on any atom is -0.495 e. The maximum Gasteiger partial charge on any atom is 0.279 e. The van der Waals surface area contributed by atoms with Gasteiger partial charge in [0.1, 0.15) is 12.3 Å². The molecule has 0 spiro atoms. The summed E-state index contributed by atoms with van der Waals surface area (Å²) < 4.78 is 5.22. The van der Waals surface area contributed by atoms with E-state index in [1.807, 2.05) is 19.1 Å². The van der Waals surface area contributed by atoms with Crippen LogP contribution in [-0.2, 0) is 11.3 Å². The molecule has 7 heteroatoms. The number of carbonyl (C=O) groups is 1. The Hall–Kier alpha value is -2.93. The maximum atomic E-state index is 12.3. The number of hydrogen-bond donors (Lipinski definition) is 2. The van der Waals surface area contributed by atoms with E-state index in [1.165, 1.54) is 6.07 Å². The third-order valence-electron chi connectivity index (χ3n) is 3.92. The van der Waals surface area contributed by atoms with E-state index >= 15 is 0 Å². The zero-order valence-electron chi connectivity index (χ0n) is 14.3. The summed E-state index contributed by atoms with van der Waals surface area (Å²) in [6.07, 6.45) is 0. The number of quaternary nitrogens is 1. The van der Waals surface area contributed by atoms with Crippen LogP contribution in [0.4, 0.5) is 11.4 Å². The van der Waals surface area contributed by atoms with Gasteiger partial charge in [0.2, 0.25) is 0 Å². The van der Waals surface area contributed by atoms with Crippen LogP contribution < -0.4 is 15.0 Å². The average molecular weight is 344 g/mol. The van der Waals surface area contributed by atoms with E-state index in [0.29, 0.717) is 30.1 Å². The van der Waals surface area contributed by atoms with Crippen molar-refractivity contribution in [1.82, 2.24) is 0 Å². The minimum atomic E-state index is -0.391. The summed E-state index contributed by atoms with van der Waals surface area (Å²) in [5.74, 6) is 0.424. The van der Waals surface area contributed by atoms with Crippen LogP contribution in [0, 0.1) is 10.1 Å². The van der Waals surface area contributed by atoms with Crippen LogP contribution in [0.2, 0.25) is 0 Å². The Morgan fingerprint density at radius 1 is 1.20 bits per heavy atom. The first kappa shape index (κ1) is 18.4. The molecule has 0 fully saturated rings. The molecule has 0 radical (unpaired) electrons. The number of amides is 1. The normalized spacial score (nSPS) is 11.6. The first-order valence-corrected chi connectivity index (χ1v) is 8.03. The fraction of sp³-hybridized carbons (Fsp3) is 0.278. The molecule has 0 heterocycles. The van der Waals surface area contributed by atoms with Gasteiger partial charge in [-0.25, -0.2) is 0 Å². The molecule has 0 aliphatic heterocycles. The number of rotatable bonds is 8. The molecule has 2 aromatic rings. The fourth-order valence-electron chi connectivity index (χ4n) is 2.59. The first-order valence-electron chi connectivity index (χ1n) is 8.03. The maximum absolute atomic E-state index is 12.3. The summed E-state index contributed by atoms with van der Waals surface area (Å²) in [7, 11) is 1.54. The number of nitrogens with zero attached hydrogens (tertiary/aromatic N) is 1. The molecule has 132 valence electrons. The van der Waals surface area contributed by atoms with Crippen molar-refractivity contribution in [3.8, 4) is 5.75 Å². The largest absolute Gasteiger partial charge is 0.495 e. The van der Waals surface area contributed by atoms with Crippen molar-refractivity contribution in [2.24, 2.45) is 0 Å². The van der Waals surface area contributed by atoms with E-state index in [9.17, 15) is 14.9 Å². The topological polar surface area (TPSA) is 85.9 Å². The number of nitro benzene ring substituents is 1. The predicted octanol–water partition coefficient (Wildman–Crippen LogP) is 1.65. The quantitative estimate of drug-likeness (QED) is 0.563. The van der Waals surface area contributed by atoms with E-state index in [4.69, 9.17) is 4.74 Å². The van der Waals surface area contributed by atoms with Gasteiger partial charge in [0, 0.05) is 6.07 Å². The smallest absolute Gasteiger partial charge is 0.279 e. The Balaban J connectivity index is 2.04. The fourth-order valence-corrected chi connectivity index (χ4v) is 2.59. The molecule has 0 aromatic heterocycles. The van der Waals surface area contributed by atoms with Gasteiger partial charge in [-0.05, 0) is 25.1 Å². The number of para-hydroxylation sites is 3. The van der Waals surface area contributed by atoms with Crippen LogP contribution in [-0.4, -0.2) is 31.0 Å². The summed E-state index contributed by atoms with van der Waals surface area (Å²) >= 11 is 0. The molecule has 0 bridgehead atoms. The number of ether oxygens (including phenoxy) is 1. The number of likely N-dealkylation sites (N-methyl/N-ethyl adjacent to an activating group) is 1. The number of methoxy groups -OCH3 is 1. The molecule has 0 aliphatic rings. The van der Waals surface area contributed by atoms with Crippen molar-refractivity contribution in [1.29, 1.82) is 0 Å². The highest BCUT2D eigenvalue weighted by Crippen LogP contribution is 2.22. The second-order valence-electron chi connectivity index (χ2n) is 5.59. The Morgan fingerprint density at radius 2 is 1.88 bits per heavy atom. The molecule has 2 N–H and O–H groups in total. The van der Waals surface area contributed by atoms with Crippen molar-refractivity contribution in [3.63, 3.8) is 0 Å². The van der Waals surface area contributed by atoms with E-state index in [-0.39, 0.29) is 18.1 Å². The molecule has 2 rings (SSSR count). The van der Waals surface area contributed by atoms with Crippen molar-refractivity contribution >= 4 is 17.3 Å². The zero-order valence-corrected chi connectivity index (χ0v) is 14.3. The molecule has 1 atom stereocenters. The predicted molar refractivity (Wildman–Crippen MR) is 94.8 cm³/mol. The van der Waals surface area contributed by atoms with E-state index in [2.05, 4.69) is 5.32 Å². The summed E-state index contributed by atoms with van der Waals surface area (Å²) in [5, 5.41) is 14.0. The summed E-state index contributed by atoms with van der Waals surface area (Å²) in [4.78, 5) is 24.0. The Kier molecular flexibility index (Phi) is 6.47. The van der Waals surface area contributed by atoms with Gasteiger partial charge in [-0.2, -0.15) is 0 Å². The van der Waals surface area contributed by atoms with Gasteiger partial charge in [0.15, 0.2) is 6.54 Å². The van der Waals surface area contributed by atoms with Gasteiger partial charge in [0.05, 0.1) is 29.8 Å². The van der Waals surface area contributed by atoms with Gasteiger partial charge in [-0.3, -0.25) is 14.9 Å². The van der Waals surface area contributed by atoms with Crippen LogP contribution >= 0.6 is 0 Å². The highest BCUT2D eigenvalue weighted by molar-refractivity contribution is 5.92. The van der Waals surface area contributed by atoms with Crippen molar-refractivity contribution in [2.45, 2.75) is 13.5 Å². The average Bonchev–Trinajstić information content (AvgIpc) is 2.61. The Morgan fingerprint density at radius 3 is 2.56 bits per heavy atom. The SMILES string of the molecule is CC[NH+](CC(=O)Nc1ccccc1OC)Cc1ccccc1[N+](=O)[O-]. The van der Waals surface area contributed by atoms with Gasteiger partial charge in [-0.15, -0.1) is 0 Å². The third kappa shape index (κ3) is 5.02. The number of benzene rings is 2. The molecule has 2 aromatic carbocycles. The van der Waals surface area contributed by atoms with Gasteiger partial charge in [0.25, 0.3) is 11.6 Å². The van der Waals surface area contributed by atoms with Crippen molar-refractivity contribution in [2.75, 3.05) is 25.5 Å². The van der Waals surface area contributed by atoms with Crippen LogP contribution in [0.3, 0.4) is 0 Å². The Labute approximate surface area is 146 Å². The van der Waals surface area contributed by atoms with Crippen molar-refractivity contribution < 1.29 is 19.4 Å². The van der Waals surface area contributed by atoms with Crippen LogP contribution in [0.5, 0.6) is 5.75 Å². The molecule has 0 saturated heterocycles. The number of nitrogens with one attached hydrogen (secondary N) is 2. The van der Waals surface area contributed by atoms with Crippen molar-refractivity contribution in [3.05, 3.63) is 64.2 Å². The standard InChI is InChI=1S/C18H21N3O4/c1-3-20(12-14-8-4-6-10-16(14)21(23)24)13-18(22)19-15-9-5-7-11-17(15)25-2/h4-11H,3,12-13H2,1-2H3,(H,19,22)/p+1.